The lowest BCUT2D eigenvalue weighted by atomic mass is 10.2. The van der Waals surface area contributed by atoms with Crippen molar-refractivity contribution in [3.8, 4) is 11.8 Å². The van der Waals surface area contributed by atoms with Gasteiger partial charge in [-0.15, -0.1) is 0 Å². The first-order valence-electron chi connectivity index (χ1n) is 4.21. The van der Waals surface area contributed by atoms with Crippen molar-refractivity contribution in [2.24, 2.45) is 0 Å². The highest BCUT2D eigenvalue weighted by atomic mass is 79.9. The first-order valence-corrected chi connectivity index (χ1v) is 5.01. The molecule has 74 valence electrons. The van der Waals surface area contributed by atoms with E-state index in [1.54, 1.807) is 17.1 Å². The lowest BCUT2D eigenvalue weighted by Crippen LogP contribution is -1.98. The fourth-order valence-electron chi connectivity index (χ4n) is 1.28. The van der Waals surface area contributed by atoms with Crippen LogP contribution in [-0.2, 0) is 0 Å². The summed E-state index contributed by atoms with van der Waals surface area (Å²) in [5.41, 5.74) is 7.39. The number of benzene rings is 1. The fourth-order valence-corrected chi connectivity index (χ4v) is 1.73. The van der Waals surface area contributed by atoms with E-state index in [1.165, 1.54) is 0 Å². The van der Waals surface area contributed by atoms with Crippen LogP contribution in [0.15, 0.2) is 35.1 Å². The van der Waals surface area contributed by atoms with Crippen molar-refractivity contribution in [2.45, 2.75) is 0 Å². The van der Waals surface area contributed by atoms with Gasteiger partial charge >= 0.3 is 0 Å². The molecule has 1 aromatic carbocycles. The van der Waals surface area contributed by atoms with Crippen molar-refractivity contribution in [1.82, 2.24) is 9.78 Å². The van der Waals surface area contributed by atoms with Gasteiger partial charge in [0, 0.05) is 4.47 Å². The molecule has 0 atom stereocenters. The molecular formula is C10H7BrN4. The molecule has 1 heterocycles. The van der Waals surface area contributed by atoms with E-state index in [0.717, 1.165) is 4.47 Å². The van der Waals surface area contributed by atoms with Crippen LogP contribution in [0.2, 0.25) is 0 Å². The minimum atomic E-state index is 0.542. The summed E-state index contributed by atoms with van der Waals surface area (Å²) in [6, 6.07) is 7.60. The third kappa shape index (κ3) is 1.72. The normalized spacial score (nSPS) is 9.87. The lowest BCUT2D eigenvalue weighted by molar-refractivity contribution is 0.876. The maximum atomic E-state index is 9.02. The van der Waals surface area contributed by atoms with Crippen molar-refractivity contribution < 1.29 is 0 Å². The number of rotatable bonds is 1. The van der Waals surface area contributed by atoms with Gasteiger partial charge in [0.05, 0.1) is 29.3 Å². The van der Waals surface area contributed by atoms with Gasteiger partial charge in [-0.2, -0.15) is 10.4 Å². The highest BCUT2D eigenvalue weighted by Crippen LogP contribution is 2.22. The van der Waals surface area contributed by atoms with E-state index in [0.29, 0.717) is 16.9 Å². The van der Waals surface area contributed by atoms with E-state index in [-0.39, 0.29) is 0 Å². The summed E-state index contributed by atoms with van der Waals surface area (Å²) in [5, 5.41) is 13.1. The largest absolute Gasteiger partial charge is 0.396 e. The molecule has 0 saturated heterocycles. The summed E-state index contributed by atoms with van der Waals surface area (Å²) < 4.78 is 2.33. The van der Waals surface area contributed by atoms with Crippen molar-refractivity contribution in [2.75, 3.05) is 5.73 Å². The van der Waals surface area contributed by atoms with E-state index in [9.17, 15) is 0 Å². The van der Waals surface area contributed by atoms with E-state index >= 15 is 0 Å². The highest BCUT2D eigenvalue weighted by molar-refractivity contribution is 9.10. The van der Waals surface area contributed by atoms with Crippen molar-refractivity contribution in [3.63, 3.8) is 0 Å². The predicted octanol–water partition coefficient (Wildman–Crippen LogP) is 2.09. The number of aromatic nitrogens is 2. The first-order chi connectivity index (χ1) is 7.22. The highest BCUT2D eigenvalue weighted by Gasteiger charge is 2.08. The third-order valence-corrected chi connectivity index (χ3v) is 2.61. The smallest absolute Gasteiger partial charge is 0.103 e. The van der Waals surface area contributed by atoms with Gasteiger partial charge < -0.3 is 5.73 Å². The molecule has 2 aromatic rings. The molecule has 0 amide bonds. The zero-order chi connectivity index (χ0) is 10.8. The number of nitrogens with zero attached hydrogens (tertiary/aromatic N) is 3. The maximum absolute atomic E-state index is 9.02. The van der Waals surface area contributed by atoms with Crippen LogP contribution in [0, 0.1) is 11.3 Å². The van der Waals surface area contributed by atoms with Gasteiger partial charge in [0.15, 0.2) is 0 Å². The molecule has 0 aliphatic carbocycles. The molecule has 2 rings (SSSR count). The molecule has 5 heteroatoms. The number of anilines is 1. The van der Waals surface area contributed by atoms with E-state index in [1.807, 2.05) is 18.2 Å². The second kappa shape index (κ2) is 3.75. The molecule has 0 spiro atoms. The number of halogens is 1. The Kier molecular flexibility index (Phi) is 2.44. The average molecular weight is 263 g/mol. The van der Waals surface area contributed by atoms with E-state index < -0.39 is 0 Å². The molecule has 15 heavy (non-hydrogen) atoms. The standard InChI is InChI=1S/C10H7BrN4/c11-9-2-1-3-10(8(9)4-12)15-6-7(13)5-14-15/h1-3,5-6H,13H2. The molecule has 0 saturated carbocycles. The lowest BCUT2D eigenvalue weighted by Gasteiger charge is -2.04. The Bertz CT molecular complexity index is 539. The molecular weight excluding hydrogens is 256 g/mol. The van der Waals surface area contributed by atoms with Gasteiger partial charge in [0.25, 0.3) is 0 Å². The number of nitriles is 1. The van der Waals surface area contributed by atoms with Crippen LogP contribution < -0.4 is 5.73 Å². The number of hydrogen-bond acceptors (Lipinski definition) is 3. The van der Waals surface area contributed by atoms with Gasteiger partial charge in [0.1, 0.15) is 6.07 Å². The second-order valence-electron chi connectivity index (χ2n) is 2.96. The van der Waals surface area contributed by atoms with Crippen LogP contribution in [0.1, 0.15) is 5.56 Å². The minimum absolute atomic E-state index is 0.542. The van der Waals surface area contributed by atoms with Gasteiger partial charge in [0.2, 0.25) is 0 Å². The summed E-state index contributed by atoms with van der Waals surface area (Å²) in [6.45, 7) is 0. The Morgan fingerprint density at radius 2 is 2.27 bits per heavy atom. The molecule has 0 aliphatic heterocycles. The Hall–Kier alpha value is -1.80. The average Bonchev–Trinajstić information content (AvgIpc) is 2.64. The van der Waals surface area contributed by atoms with Crippen LogP contribution in [0.4, 0.5) is 5.69 Å². The zero-order valence-electron chi connectivity index (χ0n) is 7.68. The van der Waals surface area contributed by atoms with Gasteiger partial charge in [-0.05, 0) is 28.1 Å². The van der Waals surface area contributed by atoms with Crippen LogP contribution in [0.25, 0.3) is 5.69 Å². The molecule has 1 aromatic heterocycles. The monoisotopic (exact) mass is 262 g/mol. The summed E-state index contributed by atoms with van der Waals surface area (Å²) >= 11 is 3.32. The fraction of sp³-hybridized carbons (Fsp3) is 0. The molecule has 0 aliphatic rings. The number of nitrogen functional groups attached to an aromatic ring is 1. The summed E-state index contributed by atoms with van der Waals surface area (Å²) in [5.74, 6) is 0. The Morgan fingerprint density at radius 1 is 1.47 bits per heavy atom. The molecule has 0 bridgehead atoms. The molecule has 0 fully saturated rings. The summed E-state index contributed by atoms with van der Waals surface area (Å²) in [4.78, 5) is 0. The Balaban J connectivity index is 2.63. The van der Waals surface area contributed by atoms with Crippen LogP contribution in [0.5, 0.6) is 0 Å². The molecule has 2 N–H and O–H groups in total. The van der Waals surface area contributed by atoms with Gasteiger partial charge in [-0.1, -0.05) is 6.07 Å². The van der Waals surface area contributed by atoms with Crippen molar-refractivity contribution >= 4 is 21.6 Å². The van der Waals surface area contributed by atoms with E-state index in [2.05, 4.69) is 27.1 Å². The quantitative estimate of drug-likeness (QED) is 0.856. The third-order valence-electron chi connectivity index (χ3n) is 1.95. The van der Waals surface area contributed by atoms with Gasteiger partial charge in [-0.3, -0.25) is 0 Å². The summed E-state index contributed by atoms with van der Waals surface area (Å²) in [6.07, 6.45) is 3.21. The summed E-state index contributed by atoms with van der Waals surface area (Å²) in [7, 11) is 0. The molecule has 0 radical (unpaired) electrons. The van der Waals surface area contributed by atoms with Crippen molar-refractivity contribution in [1.29, 1.82) is 5.26 Å². The molecule has 0 unspecified atom stereocenters. The van der Waals surface area contributed by atoms with Crippen molar-refractivity contribution in [3.05, 3.63) is 40.6 Å². The maximum Gasteiger partial charge on any atom is 0.103 e. The van der Waals surface area contributed by atoms with Crippen LogP contribution in [0.3, 0.4) is 0 Å². The Labute approximate surface area is 95.1 Å². The van der Waals surface area contributed by atoms with E-state index in [4.69, 9.17) is 11.0 Å². The topological polar surface area (TPSA) is 67.6 Å². The SMILES string of the molecule is N#Cc1c(Br)cccc1-n1cc(N)cn1. The predicted molar refractivity (Wildman–Crippen MR) is 60.4 cm³/mol. The number of nitrogens with two attached hydrogens (primary N) is 1. The number of hydrogen-bond donors (Lipinski definition) is 1. The van der Waals surface area contributed by atoms with Crippen LogP contribution >= 0.6 is 15.9 Å². The minimum Gasteiger partial charge on any atom is -0.396 e. The molecule has 4 nitrogen and oxygen atoms in total. The zero-order valence-corrected chi connectivity index (χ0v) is 9.27. The second-order valence-corrected chi connectivity index (χ2v) is 3.82. The first kappa shape index (κ1) is 9.74. The Morgan fingerprint density at radius 3 is 2.87 bits per heavy atom. The van der Waals surface area contributed by atoms with Crippen LogP contribution in [-0.4, -0.2) is 9.78 Å². The van der Waals surface area contributed by atoms with Gasteiger partial charge in [-0.25, -0.2) is 4.68 Å².